The Bertz CT molecular complexity index is 373. The van der Waals surface area contributed by atoms with Crippen molar-refractivity contribution < 1.29 is 14.3 Å². The first-order chi connectivity index (χ1) is 7.24. The van der Waals surface area contributed by atoms with Gasteiger partial charge in [0.25, 0.3) is 0 Å². The highest BCUT2D eigenvalue weighted by atomic mass is 16.5. The van der Waals surface area contributed by atoms with Crippen LogP contribution in [-0.2, 0) is 27.4 Å². The van der Waals surface area contributed by atoms with E-state index in [2.05, 4.69) is 4.98 Å². The van der Waals surface area contributed by atoms with E-state index in [1.54, 1.807) is 6.20 Å². The van der Waals surface area contributed by atoms with Crippen LogP contribution in [-0.4, -0.2) is 29.2 Å². The molecule has 1 aliphatic rings. The molecule has 15 heavy (non-hydrogen) atoms. The number of aromatic nitrogens is 2. The van der Waals surface area contributed by atoms with E-state index in [-0.39, 0.29) is 11.9 Å². The van der Waals surface area contributed by atoms with E-state index >= 15 is 0 Å². The van der Waals surface area contributed by atoms with Crippen LogP contribution in [0.15, 0.2) is 6.20 Å². The monoisotopic (exact) mass is 210 g/mol. The number of esters is 1. The van der Waals surface area contributed by atoms with Crippen molar-refractivity contribution in [1.82, 2.24) is 9.55 Å². The number of hydrogen-bond acceptors (Lipinski definition) is 4. The highest BCUT2D eigenvalue weighted by Crippen LogP contribution is 2.20. The molecule has 1 aromatic heterocycles. The van der Waals surface area contributed by atoms with Crippen molar-refractivity contribution in [3.8, 4) is 0 Å². The summed E-state index contributed by atoms with van der Waals surface area (Å²) in [6, 6.07) is 0. The maximum absolute atomic E-state index is 11.4. The zero-order valence-corrected chi connectivity index (χ0v) is 8.90. The van der Waals surface area contributed by atoms with Crippen molar-refractivity contribution in [2.45, 2.75) is 26.0 Å². The van der Waals surface area contributed by atoms with Crippen LogP contribution in [0.2, 0.25) is 0 Å². The molecule has 5 heteroatoms. The standard InChI is InChI=1S/C10H14N2O3/c1-7(10(13)14-2)8-5-11-9-6-15-4-3-12(8)9/h5,7H,3-4,6H2,1-2H3. The van der Waals surface area contributed by atoms with Crippen LogP contribution in [0.25, 0.3) is 0 Å². The van der Waals surface area contributed by atoms with Crippen LogP contribution in [0, 0.1) is 0 Å². The Morgan fingerprint density at radius 1 is 1.73 bits per heavy atom. The maximum atomic E-state index is 11.4. The third-order valence-corrected chi connectivity index (χ3v) is 2.66. The number of methoxy groups -OCH3 is 1. The summed E-state index contributed by atoms with van der Waals surface area (Å²) in [6.07, 6.45) is 1.73. The number of nitrogens with zero attached hydrogens (tertiary/aromatic N) is 2. The van der Waals surface area contributed by atoms with Gasteiger partial charge in [-0.3, -0.25) is 4.79 Å². The predicted molar refractivity (Wildman–Crippen MR) is 52.3 cm³/mol. The summed E-state index contributed by atoms with van der Waals surface area (Å²) in [4.78, 5) is 15.6. The number of carbonyl (C=O) groups is 1. The fraction of sp³-hybridized carbons (Fsp3) is 0.600. The van der Waals surface area contributed by atoms with Crippen molar-refractivity contribution in [2.75, 3.05) is 13.7 Å². The molecule has 0 saturated heterocycles. The Hall–Kier alpha value is -1.36. The first-order valence-corrected chi connectivity index (χ1v) is 4.94. The van der Waals surface area contributed by atoms with Crippen LogP contribution >= 0.6 is 0 Å². The van der Waals surface area contributed by atoms with Crippen molar-refractivity contribution in [2.24, 2.45) is 0 Å². The van der Waals surface area contributed by atoms with Gasteiger partial charge in [-0.25, -0.2) is 4.98 Å². The molecule has 0 bridgehead atoms. The van der Waals surface area contributed by atoms with Gasteiger partial charge >= 0.3 is 5.97 Å². The molecular weight excluding hydrogens is 196 g/mol. The number of fused-ring (bicyclic) bond motifs is 1. The average Bonchev–Trinajstić information content (AvgIpc) is 2.70. The van der Waals surface area contributed by atoms with Gasteiger partial charge in [-0.2, -0.15) is 0 Å². The Labute approximate surface area is 88.0 Å². The second kappa shape index (κ2) is 4.02. The summed E-state index contributed by atoms with van der Waals surface area (Å²) in [5, 5.41) is 0. The fourth-order valence-electron chi connectivity index (χ4n) is 1.76. The first-order valence-electron chi connectivity index (χ1n) is 4.94. The summed E-state index contributed by atoms with van der Waals surface area (Å²) < 4.78 is 12.0. The summed E-state index contributed by atoms with van der Waals surface area (Å²) in [5.41, 5.74) is 0.903. The molecule has 0 fully saturated rings. The Balaban J connectivity index is 2.28. The lowest BCUT2D eigenvalue weighted by Crippen LogP contribution is -2.22. The predicted octanol–water partition coefficient (Wildman–Crippen LogP) is 0.690. The molecule has 1 aliphatic heterocycles. The van der Waals surface area contributed by atoms with E-state index < -0.39 is 0 Å². The minimum Gasteiger partial charge on any atom is -0.469 e. The van der Waals surface area contributed by atoms with E-state index in [4.69, 9.17) is 9.47 Å². The van der Waals surface area contributed by atoms with Crippen LogP contribution < -0.4 is 0 Å². The first kappa shape index (κ1) is 10.2. The highest BCUT2D eigenvalue weighted by Gasteiger charge is 2.23. The van der Waals surface area contributed by atoms with E-state index in [0.29, 0.717) is 13.2 Å². The van der Waals surface area contributed by atoms with Gasteiger partial charge in [0.2, 0.25) is 0 Å². The average molecular weight is 210 g/mol. The third kappa shape index (κ3) is 1.74. The van der Waals surface area contributed by atoms with Crippen LogP contribution in [0.1, 0.15) is 24.4 Å². The zero-order valence-electron chi connectivity index (χ0n) is 8.90. The van der Waals surface area contributed by atoms with Crippen molar-refractivity contribution in [3.05, 3.63) is 17.7 Å². The number of hydrogen-bond donors (Lipinski definition) is 0. The molecule has 0 aromatic carbocycles. The molecule has 0 N–H and O–H groups in total. The van der Waals surface area contributed by atoms with Gasteiger partial charge in [-0.15, -0.1) is 0 Å². The van der Waals surface area contributed by atoms with Gasteiger partial charge in [-0.05, 0) is 6.92 Å². The number of carbonyl (C=O) groups excluding carboxylic acids is 1. The fourth-order valence-corrected chi connectivity index (χ4v) is 1.76. The van der Waals surface area contributed by atoms with Crippen LogP contribution in [0.5, 0.6) is 0 Å². The molecule has 0 radical (unpaired) electrons. The van der Waals surface area contributed by atoms with Crippen LogP contribution in [0.3, 0.4) is 0 Å². The highest BCUT2D eigenvalue weighted by molar-refractivity contribution is 5.76. The molecule has 2 rings (SSSR count). The Morgan fingerprint density at radius 3 is 3.27 bits per heavy atom. The molecule has 5 nitrogen and oxygen atoms in total. The molecule has 0 amide bonds. The molecule has 0 aliphatic carbocycles. The minimum absolute atomic E-state index is 0.232. The van der Waals surface area contributed by atoms with Crippen LogP contribution in [0.4, 0.5) is 0 Å². The maximum Gasteiger partial charge on any atom is 0.314 e. The van der Waals surface area contributed by atoms with E-state index in [1.165, 1.54) is 7.11 Å². The smallest absolute Gasteiger partial charge is 0.314 e. The molecule has 1 unspecified atom stereocenters. The number of imidazole rings is 1. The quantitative estimate of drug-likeness (QED) is 0.674. The molecule has 0 spiro atoms. The topological polar surface area (TPSA) is 53.3 Å². The zero-order chi connectivity index (χ0) is 10.8. The summed E-state index contributed by atoms with van der Waals surface area (Å²) in [5.74, 6) is 0.380. The molecule has 1 aromatic rings. The van der Waals surface area contributed by atoms with Gasteiger partial charge in [-0.1, -0.05) is 0 Å². The Kier molecular flexibility index (Phi) is 2.73. The second-order valence-corrected chi connectivity index (χ2v) is 3.55. The summed E-state index contributed by atoms with van der Waals surface area (Å²) in [7, 11) is 1.40. The lowest BCUT2D eigenvalue weighted by Gasteiger charge is -2.18. The molecular formula is C10H14N2O3. The SMILES string of the molecule is COC(=O)C(C)c1cnc2n1CCOC2. The largest absolute Gasteiger partial charge is 0.469 e. The van der Waals surface area contributed by atoms with E-state index in [9.17, 15) is 4.79 Å². The lowest BCUT2D eigenvalue weighted by molar-refractivity contribution is -0.142. The third-order valence-electron chi connectivity index (χ3n) is 2.66. The van der Waals surface area contributed by atoms with Crippen molar-refractivity contribution >= 4 is 5.97 Å². The Morgan fingerprint density at radius 2 is 2.53 bits per heavy atom. The van der Waals surface area contributed by atoms with Gasteiger partial charge in [0.15, 0.2) is 0 Å². The van der Waals surface area contributed by atoms with E-state index in [1.807, 2.05) is 11.5 Å². The van der Waals surface area contributed by atoms with Gasteiger partial charge in [0, 0.05) is 12.7 Å². The van der Waals surface area contributed by atoms with Gasteiger partial charge in [0.05, 0.1) is 25.3 Å². The molecule has 1 atom stereocenters. The van der Waals surface area contributed by atoms with Gasteiger partial charge < -0.3 is 14.0 Å². The normalized spacial score (nSPS) is 16.9. The van der Waals surface area contributed by atoms with E-state index in [0.717, 1.165) is 18.1 Å². The summed E-state index contributed by atoms with van der Waals surface area (Å²) in [6.45, 7) is 3.77. The van der Waals surface area contributed by atoms with Gasteiger partial charge in [0.1, 0.15) is 12.4 Å². The van der Waals surface area contributed by atoms with Crippen molar-refractivity contribution in [3.63, 3.8) is 0 Å². The number of ether oxygens (including phenoxy) is 2. The van der Waals surface area contributed by atoms with Crippen molar-refractivity contribution in [1.29, 1.82) is 0 Å². The lowest BCUT2D eigenvalue weighted by atomic mass is 10.1. The molecule has 0 saturated carbocycles. The number of rotatable bonds is 2. The molecule has 82 valence electrons. The molecule has 2 heterocycles. The summed E-state index contributed by atoms with van der Waals surface area (Å²) >= 11 is 0. The minimum atomic E-state index is -0.269. The second-order valence-electron chi connectivity index (χ2n) is 3.55.